The van der Waals surface area contributed by atoms with Gasteiger partial charge in [-0.1, -0.05) is 18.2 Å². The first kappa shape index (κ1) is 12.1. The maximum Gasteiger partial charge on any atom is 0.0797 e. The molecule has 1 aromatic carbocycles. The first-order chi connectivity index (χ1) is 8.18. The molecule has 0 unspecified atom stereocenters. The summed E-state index contributed by atoms with van der Waals surface area (Å²) in [7, 11) is 0. The number of thiazole rings is 1. The number of hydrogen-bond donors (Lipinski definition) is 1. The van der Waals surface area contributed by atoms with E-state index in [1.54, 1.807) is 11.3 Å². The summed E-state index contributed by atoms with van der Waals surface area (Å²) in [5.41, 5.74) is 6.98. The van der Waals surface area contributed by atoms with E-state index in [1.807, 2.05) is 5.51 Å². The second-order valence-electron chi connectivity index (χ2n) is 4.30. The molecule has 17 heavy (non-hydrogen) atoms. The lowest BCUT2D eigenvalue weighted by Gasteiger charge is -2.12. The van der Waals surface area contributed by atoms with Crippen molar-refractivity contribution in [2.75, 3.05) is 11.9 Å². The second kappa shape index (κ2) is 5.32. The Bertz CT molecular complexity index is 482. The number of aromatic nitrogens is 1. The van der Waals surface area contributed by atoms with E-state index in [1.165, 1.54) is 27.4 Å². The number of nitrogens with zero attached hydrogens (tertiary/aromatic N) is 1. The fourth-order valence-corrected chi connectivity index (χ4v) is 2.74. The fraction of sp³-hybridized carbons (Fsp3) is 0.357. The number of nitrogens with one attached hydrogen (secondary N) is 1. The van der Waals surface area contributed by atoms with Crippen LogP contribution in [-0.2, 0) is 6.42 Å². The standard InChI is InChI=1S/C14H18N2S/c1-10-5-4-6-11(2)14(10)15-8-7-13-12(3)16-9-17-13/h4-6,9,15H,7-8H2,1-3H3. The summed E-state index contributed by atoms with van der Waals surface area (Å²) < 4.78 is 0. The maximum absolute atomic E-state index is 4.27. The zero-order chi connectivity index (χ0) is 12.3. The third-order valence-electron chi connectivity index (χ3n) is 2.98. The van der Waals surface area contributed by atoms with Crippen molar-refractivity contribution < 1.29 is 0 Å². The highest BCUT2D eigenvalue weighted by Gasteiger charge is 2.03. The molecule has 90 valence electrons. The Morgan fingerprint density at radius 3 is 2.47 bits per heavy atom. The molecule has 0 amide bonds. The van der Waals surface area contributed by atoms with Crippen molar-refractivity contribution in [2.24, 2.45) is 0 Å². The Morgan fingerprint density at radius 2 is 1.88 bits per heavy atom. The van der Waals surface area contributed by atoms with Crippen LogP contribution in [0.15, 0.2) is 23.7 Å². The van der Waals surface area contributed by atoms with Crippen LogP contribution in [-0.4, -0.2) is 11.5 Å². The minimum absolute atomic E-state index is 0.967. The molecular weight excluding hydrogens is 228 g/mol. The number of benzene rings is 1. The molecular formula is C14H18N2S. The summed E-state index contributed by atoms with van der Waals surface area (Å²) in [6.07, 6.45) is 1.05. The summed E-state index contributed by atoms with van der Waals surface area (Å²) in [5.74, 6) is 0. The highest BCUT2D eigenvalue weighted by atomic mass is 32.1. The Labute approximate surface area is 107 Å². The highest BCUT2D eigenvalue weighted by molar-refractivity contribution is 7.09. The van der Waals surface area contributed by atoms with Crippen molar-refractivity contribution in [3.63, 3.8) is 0 Å². The van der Waals surface area contributed by atoms with Gasteiger partial charge in [-0.2, -0.15) is 0 Å². The molecule has 0 saturated carbocycles. The van der Waals surface area contributed by atoms with Crippen LogP contribution in [0.1, 0.15) is 21.7 Å². The smallest absolute Gasteiger partial charge is 0.0797 e. The second-order valence-corrected chi connectivity index (χ2v) is 5.24. The highest BCUT2D eigenvalue weighted by Crippen LogP contribution is 2.20. The van der Waals surface area contributed by atoms with Crippen molar-refractivity contribution in [3.05, 3.63) is 45.4 Å². The van der Waals surface area contributed by atoms with Gasteiger partial charge in [-0.25, -0.2) is 4.98 Å². The first-order valence-corrected chi connectivity index (χ1v) is 6.75. The molecule has 0 spiro atoms. The molecule has 1 aromatic heterocycles. The van der Waals surface area contributed by atoms with Crippen LogP contribution in [0.25, 0.3) is 0 Å². The lowest BCUT2D eigenvalue weighted by molar-refractivity contribution is 1.01. The summed E-state index contributed by atoms with van der Waals surface area (Å²) in [5, 5.41) is 3.53. The van der Waals surface area contributed by atoms with Gasteiger partial charge in [-0.3, -0.25) is 0 Å². The molecule has 0 aliphatic rings. The molecule has 1 N–H and O–H groups in total. The number of rotatable bonds is 4. The number of para-hydroxylation sites is 1. The van der Waals surface area contributed by atoms with Crippen LogP contribution in [0.3, 0.4) is 0 Å². The zero-order valence-electron chi connectivity index (χ0n) is 10.6. The van der Waals surface area contributed by atoms with Gasteiger partial charge < -0.3 is 5.32 Å². The Balaban J connectivity index is 1.97. The molecule has 2 rings (SSSR count). The van der Waals surface area contributed by atoms with Crippen LogP contribution in [0, 0.1) is 20.8 Å². The Hall–Kier alpha value is -1.35. The van der Waals surface area contributed by atoms with Crippen molar-refractivity contribution in [2.45, 2.75) is 27.2 Å². The van der Waals surface area contributed by atoms with Crippen molar-refractivity contribution >= 4 is 17.0 Å². The predicted molar refractivity (Wildman–Crippen MR) is 75.0 cm³/mol. The summed E-state index contributed by atoms with van der Waals surface area (Å²) in [6, 6.07) is 6.39. The summed E-state index contributed by atoms with van der Waals surface area (Å²) in [6.45, 7) is 7.33. The average molecular weight is 246 g/mol. The lowest BCUT2D eigenvalue weighted by Crippen LogP contribution is -2.07. The van der Waals surface area contributed by atoms with E-state index in [-0.39, 0.29) is 0 Å². The van der Waals surface area contributed by atoms with E-state index in [0.717, 1.165) is 13.0 Å². The topological polar surface area (TPSA) is 24.9 Å². The molecule has 0 atom stereocenters. The van der Waals surface area contributed by atoms with Crippen LogP contribution in [0.4, 0.5) is 5.69 Å². The van der Waals surface area contributed by atoms with Crippen LogP contribution < -0.4 is 5.32 Å². The molecule has 3 heteroatoms. The zero-order valence-corrected chi connectivity index (χ0v) is 11.4. The third kappa shape index (κ3) is 2.86. The summed E-state index contributed by atoms with van der Waals surface area (Å²) >= 11 is 1.74. The monoisotopic (exact) mass is 246 g/mol. The van der Waals surface area contributed by atoms with Gasteiger partial charge in [0.15, 0.2) is 0 Å². The van der Waals surface area contributed by atoms with Gasteiger partial charge in [0.2, 0.25) is 0 Å². The molecule has 0 bridgehead atoms. The third-order valence-corrected chi connectivity index (χ3v) is 3.97. The normalized spacial score (nSPS) is 10.5. The van der Waals surface area contributed by atoms with Gasteiger partial charge in [0, 0.05) is 23.5 Å². The van der Waals surface area contributed by atoms with Gasteiger partial charge >= 0.3 is 0 Å². The van der Waals surface area contributed by atoms with Gasteiger partial charge in [-0.05, 0) is 31.9 Å². The molecule has 1 heterocycles. The van der Waals surface area contributed by atoms with Gasteiger partial charge in [0.05, 0.1) is 11.2 Å². The van der Waals surface area contributed by atoms with E-state index in [0.29, 0.717) is 0 Å². The summed E-state index contributed by atoms with van der Waals surface area (Å²) in [4.78, 5) is 5.65. The molecule has 0 aliphatic heterocycles. The van der Waals surface area contributed by atoms with Gasteiger partial charge in [-0.15, -0.1) is 11.3 Å². The van der Waals surface area contributed by atoms with E-state index < -0.39 is 0 Å². The average Bonchev–Trinajstić information content (AvgIpc) is 2.69. The van der Waals surface area contributed by atoms with Crippen LogP contribution in [0.5, 0.6) is 0 Å². The predicted octanol–water partition coefficient (Wildman–Crippen LogP) is 3.72. The Kier molecular flexibility index (Phi) is 3.79. The minimum Gasteiger partial charge on any atom is -0.384 e. The quantitative estimate of drug-likeness (QED) is 0.889. The van der Waals surface area contributed by atoms with Crippen molar-refractivity contribution in [1.82, 2.24) is 4.98 Å². The molecule has 0 radical (unpaired) electrons. The molecule has 0 fully saturated rings. The van der Waals surface area contributed by atoms with Crippen LogP contribution >= 0.6 is 11.3 Å². The first-order valence-electron chi connectivity index (χ1n) is 5.87. The van der Waals surface area contributed by atoms with Crippen molar-refractivity contribution in [3.8, 4) is 0 Å². The fourth-order valence-electron chi connectivity index (χ4n) is 1.96. The van der Waals surface area contributed by atoms with Crippen LogP contribution in [0.2, 0.25) is 0 Å². The lowest BCUT2D eigenvalue weighted by atomic mass is 10.1. The number of aryl methyl sites for hydroxylation is 3. The molecule has 2 nitrogen and oxygen atoms in total. The Morgan fingerprint density at radius 1 is 1.18 bits per heavy atom. The SMILES string of the molecule is Cc1cccc(C)c1NCCc1scnc1C. The van der Waals surface area contributed by atoms with E-state index in [4.69, 9.17) is 0 Å². The molecule has 2 aromatic rings. The number of anilines is 1. The van der Waals surface area contributed by atoms with E-state index >= 15 is 0 Å². The van der Waals surface area contributed by atoms with E-state index in [9.17, 15) is 0 Å². The molecule has 0 aliphatic carbocycles. The van der Waals surface area contributed by atoms with Gasteiger partial charge in [0.25, 0.3) is 0 Å². The number of hydrogen-bond acceptors (Lipinski definition) is 3. The minimum atomic E-state index is 0.967. The molecule has 0 saturated heterocycles. The largest absolute Gasteiger partial charge is 0.384 e. The van der Waals surface area contributed by atoms with Crippen molar-refractivity contribution in [1.29, 1.82) is 0 Å². The maximum atomic E-state index is 4.27. The van der Waals surface area contributed by atoms with E-state index in [2.05, 4.69) is 49.3 Å². The van der Waals surface area contributed by atoms with Gasteiger partial charge in [0.1, 0.15) is 0 Å².